The van der Waals surface area contributed by atoms with Crippen molar-refractivity contribution in [2.75, 3.05) is 17.9 Å². The first kappa shape index (κ1) is 25.7. The van der Waals surface area contributed by atoms with Crippen LogP contribution in [0.2, 0.25) is 10.0 Å². The molecule has 170 valence electrons. The number of fused-ring (bicyclic) bond motifs is 2. The smallest absolute Gasteiger partial charge is 0.303 e. The fourth-order valence-electron chi connectivity index (χ4n) is 3.68. The maximum atomic E-state index is 13.2. The number of benzene rings is 2. The van der Waals surface area contributed by atoms with Crippen LogP contribution in [0.4, 0.5) is 5.69 Å². The number of rotatable bonds is 8. The van der Waals surface area contributed by atoms with Crippen molar-refractivity contribution in [3.63, 3.8) is 0 Å². The molecule has 2 N–H and O–H groups in total. The Labute approximate surface area is 199 Å². The first-order chi connectivity index (χ1) is 14.2. The molecule has 3 rings (SSSR count). The van der Waals surface area contributed by atoms with Crippen molar-refractivity contribution in [1.29, 1.82) is 0 Å². The molecule has 0 radical (unpaired) electrons. The Bertz CT molecular complexity index is 1050. The Kier molecular flexibility index (Phi) is 9.03. The number of unbranched alkanes of at least 4 members (excludes halogenated alkanes) is 3. The average molecular weight is 508 g/mol. The van der Waals surface area contributed by atoms with Gasteiger partial charge in [-0.2, -0.15) is 0 Å². The minimum atomic E-state index is -3.80. The lowest BCUT2D eigenvalue weighted by molar-refractivity contribution is -0.137. The van der Waals surface area contributed by atoms with E-state index in [1.54, 1.807) is 18.2 Å². The number of anilines is 1. The summed E-state index contributed by atoms with van der Waals surface area (Å²) in [7, 11) is -2.27. The van der Waals surface area contributed by atoms with Crippen LogP contribution in [-0.2, 0) is 14.8 Å². The van der Waals surface area contributed by atoms with Crippen LogP contribution < -0.4 is 9.62 Å². The predicted octanol–water partition coefficient (Wildman–Crippen LogP) is 5.27. The zero-order valence-electron chi connectivity index (χ0n) is 17.0. The number of carboxylic acid groups (broad SMARTS) is 1. The van der Waals surface area contributed by atoms with Gasteiger partial charge in [0.15, 0.2) is 0 Å². The van der Waals surface area contributed by atoms with E-state index in [0.29, 0.717) is 29.2 Å². The minimum absolute atomic E-state index is 0. The van der Waals surface area contributed by atoms with Crippen LogP contribution in [-0.4, -0.2) is 33.1 Å². The molecule has 0 fully saturated rings. The maximum absolute atomic E-state index is 13.2. The number of halogens is 3. The van der Waals surface area contributed by atoms with Crippen LogP contribution in [0.25, 0.3) is 0 Å². The van der Waals surface area contributed by atoms with Crippen LogP contribution in [0.5, 0.6) is 0 Å². The molecule has 0 amide bonds. The number of hydrogen-bond donors (Lipinski definition) is 2. The van der Waals surface area contributed by atoms with Crippen LogP contribution >= 0.6 is 35.6 Å². The Balaban J connectivity index is 0.00000341. The van der Waals surface area contributed by atoms with Gasteiger partial charge in [-0.3, -0.25) is 9.10 Å². The van der Waals surface area contributed by atoms with Crippen molar-refractivity contribution < 1.29 is 18.3 Å². The summed E-state index contributed by atoms with van der Waals surface area (Å²) in [5, 5.41) is 12.7. The van der Waals surface area contributed by atoms with Crippen LogP contribution in [0.1, 0.15) is 49.3 Å². The van der Waals surface area contributed by atoms with Crippen molar-refractivity contribution in [2.24, 2.45) is 0 Å². The summed E-state index contributed by atoms with van der Waals surface area (Å²) >= 11 is 12.4. The van der Waals surface area contributed by atoms with E-state index >= 15 is 0 Å². The Hall–Kier alpha value is -1.51. The summed E-state index contributed by atoms with van der Waals surface area (Å²) in [5.74, 6) is -0.777. The number of hydrogen-bond acceptors (Lipinski definition) is 4. The molecule has 2 aromatic rings. The van der Waals surface area contributed by atoms with E-state index in [-0.39, 0.29) is 34.8 Å². The van der Waals surface area contributed by atoms with Crippen molar-refractivity contribution in [3.8, 4) is 0 Å². The molecule has 10 heteroatoms. The molecule has 0 saturated heterocycles. The molecule has 0 saturated carbocycles. The lowest BCUT2D eigenvalue weighted by atomic mass is 9.96. The molecular formula is C21H25Cl3N2O4S. The van der Waals surface area contributed by atoms with Gasteiger partial charge in [-0.25, -0.2) is 8.42 Å². The predicted molar refractivity (Wildman–Crippen MR) is 126 cm³/mol. The number of para-hydroxylation sites is 1. The number of nitrogens with one attached hydrogen (secondary N) is 1. The first-order valence-corrected chi connectivity index (χ1v) is 11.9. The molecule has 0 aromatic heterocycles. The van der Waals surface area contributed by atoms with Gasteiger partial charge in [0, 0.05) is 13.5 Å². The third kappa shape index (κ3) is 5.65. The highest BCUT2D eigenvalue weighted by Gasteiger charge is 2.35. The molecule has 31 heavy (non-hydrogen) atoms. The summed E-state index contributed by atoms with van der Waals surface area (Å²) in [6, 6.07) is 10.0. The van der Waals surface area contributed by atoms with Crippen LogP contribution in [0.3, 0.4) is 0 Å². The molecule has 1 atom stereocenters. The Morgan fingerprint density at radius 3 is 2.42 bits per heavy atom. The quantitative estimate of drug-likeness (QED) is 0.475. The van der Waals surface area contributed by atoms with E-state index in [0.717, 1.165) is 24.8 Å². The van der Waals surface area contributed by atoms with Gasteiger partial charge in [0.1, 0.15) is 0 Å². The summed E-state index contributed by atoms with van der Waals surface area (Å²) in [6.45, 7) is 0.648. The molecule has 0 aliphatic carbocycles. The molecule has 6 nitrogen and oxygen atoms in total. The minimum Gasteiger partial charge on any atom is -0.481 e. The van der Waals surface area contributed by atoms with E-state index in [9.17, 15) is 13.2 Å². The summed E-state index contributed by atoms with van der Waals surface area (Å²) in [4.78, 5) is 10.7. The SMILES string of the molecule is CN1c2ccccc2C(NCCCCCCC(=O)O)c2cc(Cl)c(Cl)cc2S1(=O)=O.Cl. The first-order valence-electron chi connectivity index (χ1n) is 9.75. The van der Waals surface area contributed by atoms with Crippen molar-refractivity contribution in [2.45, 2.75) is 43.0 Å². The second kappa shape index (κ2) is 10.9. The second-order valence-corrected chi connectivity index (χ2v) is 10.0. The summed E-state index contributed by atoms with van der Waals surface area (Å²) in [5.41, 5.74) is 2.00. The third-order valence-corrected chi connectivity index (χ3v) is 7.80. The zero-order valence-corrected chi connectivity index (χ0v) is 20.1. The lowest BCUT2D eigenvalue weighted by Gasteiger charge is -2.22. The highest BCUT2D eigenvalue weighted by Crippen LogP contribution is 2.42. The molecule has 2 aromatic carbocycles. The van der Waals surface area contributed by atoms with Gasteiger partial charge in [-0.05, 0) is 48.7 Å². The fourth-order valence-corrected chi connectivity index (χ4v) is 5.54. The van der Waals surface area contributed by atoms with Crippen LogP contribution in [0, 0.1) is 0 Å². The standard InChI is InChI=1S/C21H24Cl2N2O4S.ClH/c1-25-18-9-6-5-8-14(18)21(24-11-7-3-2-4-10-20(26)27)15-12-16(22)17(23)13-19(15)30(25,28)29;/h5-6,8-9,12-13,21,24H,2-4,7,10-11H2,1H3,(H,26,27);1H. The van der Waals surface area contributed by atoms with Gasteiger partial charge >= 0.3 is 5.97 Å². The van der Waals surface area contributed by atoms with E-state index in [2.05, 4.69) is 5.32 Å². The fraction of sp³-hybridized carbons (Fsp3) is 0.381. The topological polar surface area (TPSA) is 86.7 Å². The number of carbonyl (C=O) groups is 1. The maximum Gasteiger partial charge on any atom is 0.303 e. The Morgan fingerprint density at radius 2 is 1.71 bits per heavy atom. The molecule has 1 heterocycles. The number of sulfonamides is 1. The van der Waals surface area contributed by atoms with Crippen molar-refractivity contribution in [1.82, 2.24) is 5.32 Å². The average Bonchev–Trinajstić information content (AvgIpc) is 2.76. The summed E-state index contributed by atoms with van der Waals surface area (Å²) in [6.07, 6.45) is 3.41. The lowest BCUT2D eigenvalue weighted by Crippen LogP contribution is -2.26. The van der Waals surface area contributed by atoms with Gasteiger partial charge in [0.25, 0.3) is 10.0 Å². The highest BCUT2D eigenvalue weighted by molar-refractivity contribution is 7.92. The number of carboxylic acids is 1. The van der Waals surface area contributed by atoms with Gasteiger partial charge in [-0.15, -0.1) is 12.4 Å². The van der Waals surface area contributed by atoms with Gasteiger partial charge in [0.05, 0.1) is 26.7 Å². The van der Waals surface area contributed by atoms with Gasteiger partial charge in [-0.1, -0.05) is 54.2 Å². The third-order valence-electron chi connectivity index (χ3n) is 5.26. The second-order valence-electron chi connectivity index (χ2n) is 7.28. The van der Waals surface area contributed by atoms with E-state index in [1.165, 1.54) is 17.4 Å². The molecule has 1 aliphatic rings. The highest BCUT2D eigenvalue weighted by atomic mass is 35.5. The molecule has 0 spiro atoms. The van der Waals surface area contributed by atoms with Crippen molar-refractivity contribution in [3.05, 3.63) is 57.6 Å². The van der Waals surface area contributed by atoms with Crippen LogP contribution in [0.15, 0.2) is 41.3 Å². The van der Waals surface area contributed by atoms with E-state index in [1.807, 2.05) is 12.1 Å². The van der Waals surface area contributed by atoms with E-state index in [4.69, 9.17) is 28.3 Å². The molecular weight excluding hydrogens is 483 g/mol. The van der Waals surface area contributed by atoms with Gasteiger partial charge in [0.2, 0.25) is 0 Å². The Morgan fingerprint density at radius 1 is 1.06 bits per heavy atom. The molecule has 1 aliphatic heterocycles. The number of nitrogens with zero attached hydrogens (tertiary/aromatic N) is 1. The normalized spacial score (nSPS) is 16.6. The number of aliphatic carboxylic acids is 1. The monoisotopic (exact) mass is 506 g/mol. The van der Waals surface area contributed by atoms with E-state index < -0.39 is 16.0 Å². The summed E-state index contributed by atoms with van der Waals surface area (Å²) < 4.78 is 27.8. The largest absolute Gasteiger partial charge is 0.481 e. The van der Waals surface area contributed by atoms with Crippen molar-refractivity contribution >= 4 is 57.3 Å². The molecule has 1 unspecified atom stereocenters. The zero-order chi connectivity index (χ0) is 21.9. The molecule has 0 bridgehead atoms. The van der Waals surface area contributed by atoms with Gasteiger partial charge < -0.3 is 10.4 Å².